The minimum atomic E-state index is -5.08. The molecule has 1 spiro atoms. The van der Waals surface area contributed by atoms with E-state index in [4.69, 9.17) is 29.3 Å². The molecule has 2 aliphatic heterocycles. The van der Waals surface area contributed by atoms with Gasteiger partial charge in [-0.3, -0.25) is 4.90 Å². The Labute approximate surface area is 236 Å². The predicted octanol–water partition coefficient (Wildman–Crippen LogP) is 3.40. The zero-order valence-corrected chi connectivity index (χ0v) is 23.0. The van der Waals surface area contributed by atoms with Crippen LogP contribution in [0, 0.1) is 0 Å². The lowest BCUT2D eigenvalue weighted by molar-refractivity contribution is -0.193. The van der Waals surface area contributed by atoms with Crippen LogP contribution in [0.15, 0.2) is 47.5 Å². The molecule has 2 aliphatic rings. The van der Waals surface area contributed by atoms with Crippen molar-refractivity contribution < 1.29 is 64.0 Å². The number of halogens is 6. The highest BCUT2D eigenvalue weighted by molar-refractivity contribution is 7.89. The van der Waals surface area contributed by atoms with E-state index in [0.29, 0.717) is 6.54 Å². The first-order chi connectivity index (χ1) is 19.3. The number of likely N-dealkylation sites (N-methyl/N-ethyl adjacent to an activating group) is 1. The molecule has 42 heavy (non-hydrogen) atoms. The molecule has 1 saturated heterocycles. The van der Waals surface area contributed by atoms with Crippen molar-refractivity contribution in [2.24, 2.45) is 0 Å². The molecule has 2 N–H and O–H groups in total. The molecular weight excluding hydrogens is 604 g/mol. The third-order valence-electron chi connectivity index (χ3n) is 6.07. The van der Waals surface area contributed by atoms with Gasteiger partial charge in [0, 0.05) is 45.7 Å². The molecule has 2 aromatic rings. The molecule has 0 unspecified atom stereocenters. The number of pyridine rings is 1. The number of alkyl halides is 6. The maximum atomic E-state index is 12.8. The molecule has 0 saturated carbocycles. The van der Waals surface area contributed by atoms with Gasteiger partial charge in [-0.25, -0.2) is 23.0 Å². The SMILES string of the molecule is COc1ccc(CN2CCC3(CC2)CN(C)S(=O)(=O)c2cccnc2O3)cc1.O=C(O)C(F)(F)F.O=C(O)C(F)(F)F. The van der Waals surface area contributed by atoms with E-state index in [2.05, 4.69) is 22.0 Å². The van der Waals surface area contributed by atoms with Gasteiger partial charge in [-0.1, -0.05) is 12.1 Å². The van der Waals surface area contributed by atoms with E-state index in [1.807, 2.05) is 12.1 Å². The van der Waals surface area contributed by atoms with Gasteiger partial charge in [0.15, 0.2) is 0 Å². The highest BCUT2D eigenvalue weighted by Gasteiger charge is 2.45. The number of rotatable bonds is 3. The summed E-state index contributed by atoms with van der Waals surface area (Å²) in [6, 6.07) is 11.3. The lowest BCUT2D eigenvalue weighted by Crippen LogP contribution is -2.53. The van der Waals surface area contributed by atoms with Crippen molar-refractivity contribution in [2.45, 2.75) is 42.2 Å². The van der Waals surface area contributed by atoms with Crippen molar-refractivity contribution in [2.75, 3.05) is 33.8 Å². The third-order valence-corrected chi connectivity index (χ3v) is 7.88. The molecule has 3 heterocycles. The number of likely N-dealkylation sites (tertiary alicyclic amines) is 1. The van der Waals surface area contributed by atoms with Crippen LogP contribution >= 0.6 is 0 Å². The molecular formula is C24H27F6N3O8S. The number of hydrogen-bond acceptors (Lipinski definition) is 8. The van der Waals surface area contributed by atoms with Gasteiger partial charge in [-0.05, 0) is 29.8 Å². The lowest BCUT2D eigenvalue weighted by atomic mass is 9.90. The van der Waals surface area contributed by atoms with Crippen LogP contribution in [-0.4, -0.2) is 96.5 Å². The molecule has 18 heteroatoms. The van der Waals surface area contributed by atoms with Gasteiger partial charge in [-0.2, -0.15) is 30.6 Å². The van der Waals surface area contributed by atoms with Gasteiger partial charge >= 0.3 is 24.3 Å². The standard InChI is InChI=1S/C20H25N3O4S.2C2HF3O2/c1-22-15-20(27-19-18(28(22,24)25)4-3-11-21-19)9-12-23(13-10-20)14-16-5-7-17(26-2)8-6-16;2*3-2(4,5)1(6)7/h3-8,11H,9-10,12-15H2,1-2H3;2*(H,6,7). The number of aromatic nitrogens is 1. The molecule has 0 bridgehead atoms. The number of carboxylic acid groups (broad SMARTS) is 2. The second-order valence-corrected chi connectivity index (χ2v) is 11.1. The first-order valence-corrected chi connectivity index (χ1v) is 13.3. The molecule has 1 fully saturated rings. The Kier molecular flexibility index (Phi) is 11.2. The van der Waals surface area contributed by atoms with Crippen molar-refractivity contribution >= 4 is 22.0 Å². The van der Waals surface area contributed by atoms with E-state index in [0.717, 1.165) is 38.2 Å². The van der Waals surface area contributed by atoms with Crippen LogP contribution in [0.3, 0.4) is 0 Å². The normalized spacial score (nSPS) is 18.1. The molecule has 0 atom stereocenters. The Morgan fingerprint density at radius 3 is 1.95 bits per heavy atom. The van der Waals surface area contributed by atoms with E-state index in [-0.39, 0.29) is 10.8 Å². The number of fused-ring (bicyclic) bond motifs is 1. The Morgan fingerprint density at radius 2 is 1.50 bits per heavy atom. The Balaban J connectivity index is 0.000000367. The number of methoxy groups -OCH3 is 1. The number of carbonyl (C=O) groups is 2. The van der Waals surface area contributed by atoms with Crippen molar-refractivity contribution in [3.63, 3.8) is 0 Å². The second-order valence-electron chi connectivity index (χ2n) is 9.08. The molecule has 4 rings (SSSR count). The maximum absolute atomic E-state index is 12.8. The minimum Gasteiger partial charge on any atom is -0.497 e. The van der Waals surface area contributed by atoms with Gasteiger partial charge in [0.05, 0.1) is 13.7 Å². The highest BCUT2D eigenvalue weighted by atomic mass is 32.2. The molecule has 1 aromatic carbocycles. The lowest BCUT2D eigenvalue weighted by Gasteiger charge is -2.41. The van der Waals surface area contributed by atoms with Gasteiger partial charge in [0.2, 0.25) is 15.9 Å². The largest absolute Gasteiger partial charge is 0.497 e. The Morgan fingerprint density at radius 1 is 1.00 bits per heavy atom. The fourth-order valence-corrected chi connectivity index (χ4v) is 5.22. The number of hydrogen-bond donors (Lipinski definition) is 2. The smallest absolute Gasteiger partial charge is 0.490 e. The van der Waals surface area contributed by atoms with Crippen LogP contribution in [0.2, 0.25) is 0 Å². The van der Waals surface area contributed by atoms with Crippen molar-refractivity contribution in [1.29, 1.82) is 0 Å². The molecule has 0 aliphatic carbocycles. The fourth-order valence-electron chi connectivity index (χ4n) is 3.91. The third kappa shape index (κ3) is 9.45. The topological polar surface area (TPSA) is 147 Å². The minimum absolute atomic E-state index is 0.148. The van der Waals surface area contributed by atoms with Crippen molar-refractivity contribution in [1.82, 2.24) is 14.2 Å². The van der Waals surface area contributed by atoms with Crippen molar-refractivity contribution in [3.05, 3.63) is 48.2 Å². The first-order valence-electron chi connectivity index (χ1n) is 11.9. The number of carboxylic acids is 2. The van der Waals surface area contributed by atoms with Crippen LogP contribution in [0.5, 0.6) is 11.6 Å². The van der Waals surface area contributed by atoms with Gasteiger partial charge in [0.1, 0.15) is 16.2 Å². The first kappa shape index (κ1) is 34.6. The zero-order chi connectivity index (χ0) is 31.9. The molecule has 1 aromatic heterocycles. The van der Waals surface area contributed by atoms with Crippen molar-refractivity contribution in [3.8, 4) is 11.6 Å². The van der Waals surface area contributed by atoms with E-state index in [1.54, 1.807) is 32.5 Å². The maximum Gasteiger partial charge on any atom is 0.490 e. The number of piperidine rings is 1. The molecule has 0 amide bonds. The summed E-state index contributed by atoms with van der Waals surface area (Å²) < 4.78 is 102. The zero-order valence-electron chi connectivity index (χ0n) is 22.1. The second kappa shape index (κ2) is 13.6. The summed E-state index contributed by atoms with van der Waals surface area (Å²) in [5.41, 5.74) is 0.683. The summed E-state index contributed by atoms with van der Waals surface area (Å²) in [6.45, 7) is 2.86. The van der Waals surface area contributed by atoms with E-state index in [1.165, 1.54) is 9.87 Å². The summed E-state index contributed by atoms with van der Waals surface area (Å²) in [5, 5.41) is 14.2. The fraction of sp³-hybridized carbons (Fsp3) is 0.458. The van der Waals surface area contributed by atoms with Crippen LogP contribution in [0.1, 0.15) is 18.4 Å². The van der Waals surface area contributed by atoms with E-state index < -0.39 is 39.9 Å². The average molecular weight is 632 g/mol. The quantitative estimate of drug-likeness (QED) is 0.484. The Hall–Kier alpha value is -3.64. The number of aliphatic carboxylic acids is 2. The number of sulfonamides is 1. The number of benzene rings is 1. The summed E-state index contributed by atoms with van der Waals surface area (Å²) in [4.78, 5) is 24.5. The monoisotopic (exact) mass is 631 g/mol. The Bertz CT molecular complexity index is 1300. The van der Waals surface area contributed by atoms with E-state index >= 15 is 0 Å². The average Bonchev–Trinajstić information content (AvgIpc) is 2.98. The highest BCUT2D eigenvalue weighted by Crippen LogP contribution is 2.37. The van der Waals surface area contributed by atoms with Crippen LogP contribution in [0.4, 0.5) is 26.3 Å². The van der Waals surface area contributed by atoms with Gasteiger partial charge in [0.25, 0.3) is 0 Å². The van der Waals surface area contributed by atoms with Crippen LogP contribution < -0.4 is 9.47 Å². The number of ether oxygens (including phenoxy) is 2. The molecule has 234 valence electrons. The predicted molar refractivity (Wildman–Crippen MR) is 132 cm³/mol. The summed E-state index contributed by atoms with van der Waals surface area (Å²) in [5.74, 6) is -4.45. The number of nitrogens with zero attached hydrogens (tertiary/aromatic N) is 3. The van der Waals surface area contributed by atoms with Crippen LogP contribution in [-0.2, 0) is 26.2 Å². The molecule has 0 radical (unpaired) electrons. The van der Waals surface area contributed by atoms with Gasteiger partial charge in [-0.15, -0.1) is 0 Å². The van der Waals surface area contributed by atoms with Gasteiger partial charge < -0.3 is 19.7 Å². The van der Waals surface area contributed by atoms with E-state index in [9.17, 15) is 34.8 Å². The summed E-state index contributed by atoms with van der Waals surface area (Å²) in [6.07, 6.45) is -7.09. The summed E-state index contributed by atoms with van der Waals surface area (Å²) in [7, 11) is -0.301. The molecule has 11 nitrogen and oxygen atoms in total. The van der Waals surface area contributed by atoms with Crippen LogP contribution in [0.25, 0.3) is 0 Å². The summed E-state index contributed by atoms with van der Waals surface area (Å²) >= 11 is 0.